The standard InChI is InChI=1S/C13H16FNO2/c1-9-6-11(4-5-12(9)14)17-8-13(16)15-7-10-2-3-10/h4-6,10H,2-3,7-8H2,1H3,(H,15,16). The second kappa shape index (κ2) is 5.17. The van der Waals surface area contributed by atoms with E-state index in [-0.39, 0.29) is 18.3 Å². The van der Waals surface area contributed by atoms with E-state index in [4.69, 9.17) is 4.74 Å². The van der Waals surface area contributed by atoms with Gasteiger partial charge in [0.2, 0.25) is 0 Å². The highest BCUT2D eigenvalue weighted by Crippen LogP contribution is 2.27. The molecule has 92 valence electrons. The average molecular weight is 237 g/mol. The Morgan fingerprint density at radius 1 is 1.53 bits per heavy atom. The highest BCUT2D eigenvalue weighted by atomic mass is 19.1. The molecule has 1 N–H and O–H groups in total. The van der Waals surface area contributed by atoms with Crippen LogP contribution in [0.4, 0.5) is 4.39 Å². The Morgan fingerprint density at radius 2 is 2.29 bits per heavy atom. The molecule has 17 heavy (non-hydrogen) atoms. The number of rotatable bonds is 5. The van der Waals surface area contributed by atoms with Gasteiger partial charge in [0, 0.05) is 6.54 Å². The third-order valence-corrected chi connectivity index (χ3v) is 2.78. The van der Waals surface area contributed by atoms with Gasteiger partial charge in [-0.3, -0.25) is 4.79 Å². The van der Waals surface area contributed by atoms with Crippen LogP contribution in [0.1, 0.15) is 18.4 Å². The number of carbonyl (C=O) groups excluding carboxylic acids is 1. The fourth-order valence-corrected chi connectivity index (χ4v) is 1.49. The summed E-state index contributed by atoms with van der Waals surface area (Å²) in [5.74, 6) is 0.784. The number of ether oxygens (including phenoxy) is 1. The first-order valence-corrected chi connectivity index (χ1v) is 5.81. The van der Waals surface area contributed by atoms with Crippen LogP contribution in [0.3, 0.4) is 0 Å². The molecule has 1 saturated carbocycles. The normalized spacial score (nSPS) is 14.5. The van der Waals surface area contributed by atoms with Gasteiger partial charge in [-0.15, -0.1) is 0 Å². The predicted molar refractivity (Wildman–Crippen MR) is 62.4 cm³/mol. The van der Waals surface area contributed by atoms with Crippen molar-refractivity contribution in [3.63, 3.8) is 0 Å². The maximum atomic E-state index is 13.0. The lowest BCUT2D eigenvalue weighted by Crippen LogP contribution is -2.30. The second-order valence-electron chi connectivity index (χ2n) is 4.45. The number of benzene rings is 1. The van der Waals surface area contributed by atoms with E-state index in [0.29, 0.717) is 17.2 Å². The SMILES string of the molecule is Cc1cc(OCC(=O)NCC2CC2)ccc1F. The number of hydrogen-bond acceptors (Lipinski definition) is 2. The van der Waals surface area contributed by atoms with E-state index in [0.717, 1.165) is 6.54 Å². The van der Waals surface area contributed by atoms with E-state index in [1.165, 1.54) is 25.0 Å². The summed E-state index contributed by atoms with van der Waals surface area (Å²) in [6.07, 6.45) is 2.41. The molecule has 0 unspecified atom stereocenters. The maximum Gasteiger partial charge on any atom is 0.257 e. The summed E-state index contributed by atoms with van der Waals surface area (Å²) in [6.45, 7) is 2.39. The van der Waals surface area contributed by atoms with Gasteiger partial charge in [0.15, 0.2) is 6.61 Å². The number of amides is 1. The highest BCUT2D eigenvalue weighted by molar-refractivity contribution is 5.77. The molecule has 2 rings (SSSR count). The molecule has 0 heterocycles. The lowest BCUT2D eigenvalue weighted by molar-refractivity contribution is -0.123. The summed E-state index contributed by atoms with van der Waals surface area (Å²) in [4.78, 5) is 11.4. The quantitative estimate of drug-likeness (QED) is 0.851. The van der Waals surface area contributed by atoms with Crippen molar-refractivity contribution in [3.8, 4) is 5.75 Å². The third kappa shape index (κ3) is 3.73. The second-order valence-corrected chi connectivity index (χ2v) is 4.45. The summed E-state index contributed by atoms with van der Waals surface area (Å²) < 4.78 is 18.3. The summed E-state index contributed by atoms with van der Waals surface area (Å²) in [5, 5.41) is 2.80. The maximum absolute atomic E-state index is 13.0. The van der Waals surface area contributed by atoms with E-state index in [2.05, 4.69) is 5.32 Å². The molecule has 0 spiro atoms. The Morgan fingerprint density at radius 3 is 2.94 bits per heavy atom. The van der Waals surface area contributed by atoms with Crippen molar-refractivity contribution in [1.82, 2.24) is 5.32 Å². The molecule has 0 aromatic heterocycles. The van der Waals surface area contributed by atoms with Gasteiger partial charge in [0.05, 0.1) is 0 Å². The molecule has 1 amide bonds. The van der Waals surface area contributed by atoms with Crippen LogP contribution in [-0.4, -0.2) is 19.1 Å². The van der Waals surface area contributed by atoms with E-state index in [1.807, 2.05) is 0 Å². The van der Waals surface area contributed by atoms with Crippen LogP contribution in [0.5, 0.6) is 5.75 Å². The fourth-order valence-electron chi connectivity index (χ4n) is 1.49. The minimum Gasteiger partial charge on any atom is -0.484 e. The first-order valence-electron chi connectivity index (χ1n) is 5.81. The first-order chi connectivity index (χ1) is 8.15. The molecule has 0 aliphatic heterocycles. The molecule has 4 heteroatoms. The molecule has 1 aliphatic carbocycles. The van der Waals surface area contributed by atoms with Crippen molar-refractivity contribution in [2.75, 3.05) is 13.2 Å². The minimum absolute atomic E-state index is 0.0161. The number of carbonyl (C=O) groups is 1. The van der Waals surface area contributed by atoms with Gasteiger partial charge in [-0.1, -0.05) is 0 Å². The molecular weight excluding hydrogens is 221 g/mol. The molecule has 3 nitrogen and oxygen atoms in total. The zero-order valence-electron chi connectivity index (χ0n) is 9.83. The van der Waals surface area contributed by atoms with Crippen molar-refractivity contribution < 1.29 is 13.9 Å². The summed E-state index contributed by atoms with van der Waals surface area (Å²) >= 11 is 0. The molecule has 0 radical (unpaired) electrons. The largest absolute Gasteiger partial charge is 0.484 e. The van der Waals surface area contributed by atoms with Crippen LogP contribution in [0.15, 0.2) is 18.2 Å². The van der Waals surface area contributed by atoms with Gasteiger partial charge in [-0.05, 0) is 49.4 Å². The number of hydrogen-bond donors (Lipinski definition) is 1. The topological polar surface area (TPSA) is 38.3 Å². The molecule has 1 aliphatic rings. The van der Waals surface area contributed by atoms with E-state index >= 15 is 0 Å². The third-order valence-electron chi connectivity index (χ3n) is 2.78. The zero-order valence-corrected chi connectivity index (χ0v) is 9.83. The summed E-state index contributed by atoms with van der Waals surface area (Å²) in [7, 11) is 0. The molecule has 0 bridgehead atoms. The van der Waals surface area contributed by atoms with E-state index in [1.54, 1.807) is 13.0 Å². The van der Waals surface area contributed by atoms with Gasteiger partial charge in [-0.2, -0.15) is 0 Å². The Kier molecular flexibility index (Phi) is 3.61. The van der Waals surface area contributed by atoms with Crippen LogP contribution in [0, 0.1) is 18.7 Å². The zero-order chi connectivity index (χ0) is 12.3. The van der Waals surface area contributed by atoms with Crippen LogP contribution in [0.2, 0.25) is 0 Å². The predicted octanol–water partition coefficient (Wildman–Crippen LogP) is 2.04. The van der Waals surface area contributed by atoms with Crippen LogP contribution in [-0.2, 0) is 4.79 Å². The van der Waals surface area contributed by atoms with Crippen molar-refractivity contribution >= 4 is 5.91 Å². The molecule has 0 saturated heterocycles. The molecule has 0 atom stereocenters. The number of halogens is 1. The summed E-state index contributed by atoms with van der Waals surface area (Å²) in [6, 6.07) is 4.45. The van der Waals surface area contributed by atoms with Gasteiger partial charge in [0.1, 0.15) is 11.6 Å². The Bertz CT molecular complexity index is 416. The Labute approximate surface area is 100.0 Å². The van der Waals surface area contributed by atoms with Crippen LogP contribution in [0.25, 0.3) is 0 Å². The van der Waals surface area contributed by atoms with Crippen LogP contribution >= 0.6 is 0 Å². The van der Waals surface area contributed by atoms with Crippen molar-refractivity contribution in [2.24, 2.45) is 5.92 Å². The van der Waals surface area contributed by atoms with Gasteiger partial charge < -0.3 is 10.1 Å². The Hall–Kier alpha value is -1.58. The lowest BCUT2D eigenvalue weighted by atomic mass is 10.2. The molecule has 1 aromatic rings. The number of aryl methyl sites for hydroxylation is 1. The van der Waals surface area contributed by atoms with Crippen LogP contribution < -0.4 is 10.1 Å². The molecular formula is C13H16FNO2. The van der Waals surface area contributed by atoms with Crippen molar-refractivity contribution in [1.29, 1.82) is 0 Å². The van der Waals surface area contributed by atoms with Gasteiger partial charge >= 0.3 is 0 Å². The molecule has 1 aromatic carbocycles. The van der Waals surface area contributed by atoms with Crippen molar-refractivity contribution in [2.45, 2.75) is 19.8 Å². The Balaban J connectivity index is 1.75. The van der Waals surface area contributed by atoms with E-state index in [9.17, 15) is 9.18 Å². The first kappa shape index (κ1) is 11.9. The smallest absolute Gasteiger partial charge is 0.257 e. The minimum atomic E-state index is -0.268. The van der Waals surface area contributed by atoms with E-state index < -0.39 is 0 Å². The average Bonchev–Trinajstić information content (AvgIpc) is 3.12. The van der Waals surface area contributed by atoms with Gasteiger partial charge in [-0.25, -0.2) is 4.39 Å². The highest BCUT2D eigenvalue weighted by Gasteiger charge is 2.21. The fraction of sp³-hybridized carbons (Fsp3) is 0.462. The van der Waals surface area contributed by atoms with Crippen molar-refractivity contribution in [3.05, 3.63) is 29.6 Å². The summed E-state index contributed by atoms with van der Waals surface area (Å²) in [5.41, 5.74) is 0.515. The van der Waals surface area contributed by atoms with Gasteiger partial charge in [0.25, 0.3) is 5.91 Å². The number of nitrogens with one attached hydrogen (secondary N) is 1. The lowest BCUT2D eigenvalue weighted by Gasteiger charge is -2.07. The monoisotopic (exact) mass is 237 g/mol. The molecule has 1 fully saturated rings.